The van der Waals surface area contributed by atoms with Crippen LogP contribution in [0.1, 0.15) is 11.9 Å². The third-order valence-electron chi connectivity index (χ3n) is 2.15. The predicted molar refractivity (Wildman–Crippen MR) is 71.4 cm³/mol. The topological polar surface area (TPSA) is 22.1 Å². The zero-order valence-corrected chi connectivity index (χ0v) is 10.7. The Hall–Kier alpha value is -1.00. The summed E-state index contributed by atoms with van der Waals surface area (Å²) in [4.78, 5) is 4.48. The average Bonchev–Trinajstić information content (AvgIpc) is 2.79. The van der Waals surface area contributed by atoms with Crippen molar-refractivity contribution in [1.82, 2.24) is 4.98 Å². The van der Waals surface area contributed by atoms with E-state index in [4.69, 9.17) is 4.74 Å². The molecule has 0 saturated carbocycles. The number of thiol groups is 1. The molecule has 0 radical (unpaired) electrons. The van der Waals surface area contributed by atoms with Crippen LogP contribution < -0.4 is 4.74 Å². The van der Waals surface area contributed by atoms with Gasteiger partial charge in [0.2, 0.25) is 0 Å². The van der Waals surface area contributed by atoms with Gasteiger partial charge in [-0.1, -0.05) is 0 Å². The van der Waals surface area contributed by atoms with E-state index in [2.05, 4.69) is 23.0 Å². The number of hydrogen-bond donors (Lipinski definition) is 1. The van der Waals surface area contributed by atoms with Crippen LogP contribution in [0.25, 0.3) is 11.3 Å². The van der Waals surface area contributed by atoms with Gasteiger partial charge in [-0.05, 0) is 31.2 Å². The third kappa shape index (κ3) is 2.57. The molecule has 0 fully saturated rings. The van der Waals surface area contributed by atoms with Crippen molar-refractivity contribution in [3.05, 3.63) is 34.7 Å². The molecular weight excluding hydrogens is 238 g/mol. The smallest absolute Gasteiger partial charge is 0.119 e. The Balaban J connectivity index is 2.20. The first-order valence-electron chi connectivity index (χ1n) is 5.12. The van der Waals surface area contributed by atoms with Gasteiger partial charge in [0.15, 0.2) is 0 Å². The molecule has 2 rings (SSSR count). The summed E-state index contributed by atoms with van der Waals surface area (Å²) in [5.41, 5.74) is 2.13. The molecule has 0 saturated heterocycles. The van der Waals surface area contributed by atoms with E-state index in [-0.39, 0.29) is 0 Å². The van der Waals surface area contributed by atoms with E-state index >= 15 is 0 Å². The third-order valence-corrected chi connectivity index (χ3v) is 3.51. The van der Waals surface area contributed by atoms with Crippen molar-refractivity contribution >= 4 is 24.0 Å². The molecule has 1 heterocycles. The molecule has 2 aromatic rings. The molecule has 0 aliphatic rings. The van der Waals surface area contributed by atoms with E-state index in [0.29, 0.717) is 12.4 Å². The highest BCUT2D eigenvalue weighted by Crippen LogP contribution is 2.24. The van der Waals surface area contributed by atoms with Gasteiger partial charge in [-0.25, -0.2) is 4.98 Å². The predicted octanol–water partition coefficient (Wildman–Crippen LogP) is 3.64. The van der Waals surface area contributed by atoms with Crippen LogP contribution in [0.3, 0.4) is 0 Å². The summed E-state index contributed by atoms with van der Waals surface area (Å²) in [7, 11) is 0. The Kier molecular flexibility index (Phi) is 3.85. The van der Waals surface area contributed by atoms with Crippen molar-refractivity contribution in [2.75, 3.05) is 6.61 Å². The van der Waals surface area contributed by atoms with Crippen LogP contribution in [0.5, 0.6) is 5.75 Å². The molecular formula is C12H13NOS2. The van der Waals surface area contributed by atoms with Gasteiger partial charge >= 0.3 is 0 Å². The van der Waals surface area contributed by atoms with Crippen molar-refractivity contribution in [2.24, 2.45) is 0 Å². The highest BCUT2D eigenvalue weighted by atomic mass is 32.1. The highest BCUT2D eigenvalue weighted by molar-refractivity contribution is 7.79. The van der Waals surface area contributed by atoms with Gasteiger partial charge in [-0.2, -0.15) is 12.6 Å². The standard InChI is InChI=1S/C12H13NOS2/c1-2-14-10-5-3-9(4-6-10)11-8-16-12(7-15)13-11/h3-6,8,15H,2,7H2,1H3. The highest BCUT2D eigenvalue weighted by Gasteiger charge is 2.03. The number of hydrogen-bond acceptors (Lipinski definition) is 4. The average molecular weight is 251 g/mol. The first kappa shape index (κ1) is 11.5. The van der Waals surface area contributed by atoms with E-state index in [1.807, 2.05) is 31.2 Å². The number of aromatic nitrogens is 1. The molecule has 2 nitrogen and oxygen atoms in total. The SMILES string of the molecule is CCOc1ccc(-c2csc(CS)n2)cc1. The molecule has 4 heteroatoms. The minimum atomic E-state index is 0.694. The monoisotopic (exact) mass is 251 g/mol. The zero-order chi connectivity index (χ0) is 11.4. The minimum Gasteiger partial charge on any atom is -0.494 e. The molecule has 0 aliphatic carbocycles. The van der Waals surface area contributed by atoms with Crippen molar-refractivity contribution in [3.63, 3.8) is 0 Å². The second kappa shape index (κ2) is 5.37. The Bertz CT molecular complexity index is 450. The number of benzene rings is 1. The molecule has 0 bridgehead atoms. The van der Waals surface area contributed by atoms with E-state index in [1.165, 1.54) is 0 Å². The van der Waals surface area contributed by atoms with Gasteiger partial charge < -0.3 is 4.74 Å². The fraction of sp³-hybridized carbons (Fsp3) is 0.250. The molecule has 84 valence electrons. The van der Waals surface area contributed by atoms with Gasteiger partial charge in [-0.15, -0.1) is 11.3 Å². The molecule has 1 aromatic carbocycles. The quantitative estimate of drug-likeness (QED) is 0.838. The summed E-state index contributed by atoms with van der Waals surface area (Å²) in [6.45, 7) is 2.67. The maximum Gasteiger partial charge on any atom is 0.119 e. The summed E-state index contributed by atoms with van der Waals surface area (Å²) < 4.78 is 5.39. The first-order chi connectivity index (χ1) is 7.83. The van der Waals surface area contributed by atoms with Crippen LogP contribution in [-0.2, 0) is 5.75 Å². The second-order valence-electron chi connectivity index (χ2n) is 3.24. The molecule has 0 amide bonds. The maximum atomic E-state index is 5.39. The normalized spacial score (nSPS) is 10.4. The van der Waals surface area contributed by atoms with Crippen LogP contribution in [0, 0.1) is 0 Å². The summed E-state index contributed by atoms with van der Waals surface area (Å²) >= 11 is 5.85. The van der Waals surface area contributed by atoms with Crippen molar-refractivity contribution < 1.29 is 4.74 Å². The van der Waals surface area contributed by atoms with Gasteiger partial charge in [0, 0.05) is 16.7 Å². The van der Waals surface area contributed by atoms with Gasteiger partial charge in [0.1, 0.15) is 10.8 Å². The van der Waals surface area contributed by atoms with Crippen LogP contribution in [-0.4, -0.2) is 11.6 Å². The largest absolute Gasteiger partial charge is 0.494 e. The lowest BCUT2D eigenvalue weighted by molar-refractivity contribution is 0.340. The second-order valence-corrected chi connectivity index (χ2v) is 4.50. The summed E-state index contributed by atoms with van der Waals surface area (Å²) in [5, 5.41) is 3.11. The fourth-order valence-corrected chi connectivity index (χ4v) is 2.36. The van der Waals surface area contributed by atoms with E-state index in [0.717, 1.165) is 22.0 Å². The van der Waals surface area contributed by atoms with Crippen molar-refractivity contribution in [1.29, 1.82) is 0 Å². The molecule has 1 aromatic heterocycles. The lowest BCUT2D eigenvalue weighted by atomic mass is 10.2. The Morgan fingerprint density at radius 3 is 2.62 bits per heavy atom. The van der Waals surface area contributed by atoms with Crippen LogP contribution in [0.4, 0.5) is 0 Å². The summed E-state index contributed by atoms with van der Waals surface area (Å²) in [6, 6.07) is 8.00. The van der Waals surface area contributed by atoms with E-state index in [1.54, 1.807) is 11.3 Å². The van der Waals surface area contributed by atoms with Crippen LogP contribution in [0.15, 0.2) is 29.6 Å². The van der Waals surface area contributed by atoms with Crippen LogP contribution >= 0.6 is 24.0 Å². The number of thiazole rings is 1. The first-order valence-corrected chi connectivity index (χ1v) is 6.63. The molecule has 0 N–H and O–H groups in total. The number of nitrogens with zero attached hydrogens (tertiary/aromatic N) is 1. The van der Waals surface area contributed by atoms with E-state index in [9.17, 15) is 0 Å². The maximum absolute atomic E-state index is 5.39. The summed E-state index contributed by atoms with van der Waals surface area (Å²) in [5.74, 6) is 1.60. The zero-order valence-electron chi connectivity index (χ0n) is 9.01. The molecule has 0 unspecified atom stereocenters. The van der Waals surface area contributed by atoms with Gasteiger partial charge in [0.05, 0.1) is 12.3 Å². The number of rotatable bonds is 4. The molecule has 0 aliphatic heterocycles. The molecule has 16 heavy (non-hydrogen) atoms. The Labute approximate surface area is 105 Å². The molecule has 0 atom stereocenters. The fourth-order valence-electron chi connectivity index (χ4n) is 1.40. The lowest BCUT2D eigenvalue weighted by Crippen LogP contribution is -1.90. The van der Waals surface area contributed by atoms with Crippen LogP contribution in [0.2, 0.25) is 0 Å². The summed E-state index contributed by atoms with van der Waals surface area (Å²) in [6.07, 6.45) is 0. The van der Waals surface area contributed by atoms with Gasteiger partial charge in [0.25, 0.3) is 0 Å². The minimum absolute atomic E-state index is 0.694. The Morgan fingerprint density at radius 1 is 1.31 bits per heavy atom. The number of ether oxygens (including phenoxy) is 1. The van der Waals surface area contributed by atoms with Crippen molar-refractivity contribution in [2.45, 2.75) is 12.7 Å². The van der Waals surface area contributed by atoms with Gasteiger partial charge in [-0.3, -0.25) is 0 Å². The van der Waals surface area contributed by atoms with E-state index < -0.39 is 0 Å². The molecule has 0 spiro atoms. The van der Waals surface area contributed by atoms with Crippen molar-refractivity contribution in [3.8, 4) is 17.0 Å². The Morgan fingerprint density at radius 2 is 2.06 bits per heavy atom. The lowest BCUT2D eigenvalue weighted by Gasteiger charge is -2.03.